The number of aliphatic carboxylic acids is 1. The zero-order valence-corrected chi connectivity index (χ0v) is 21.5. The molecule has 0 spiro atoms. The maximum Gasteiger partial charge on any atom is 0.324 e. The summed E-state index contributed by atoms with van der Waals surface area (Å²) in [6.07, 6.45) is 7.04. The van der Waals surface area contributed by atoms with Gasteiger partial charge in [-0.2, -0.15) is 0 Å². The van der Waals surface area contributed by atoms with Crippen molar-refractivity contribution in [3.63, 3.8) is 0 Å². The van der Waals surface area contributed by atoms with E-state index in [1.165, 1.54) is 6.42 Å². The molecule has 0 heterocycles. The van der Waals surface area contributed by atoms with E-state index in [1.807, 2.05) is 23.1 Å². The fraction of sp³-hybridized carbons (Fsp3) is 0.481. The Morgan fingerprint density at radius 3 is 2.32 bits per heavy atom. The first-order chi connectivity index (χ1) is 16.4. The smallest absolute Gasteiger partial charge is 0.324 e. The standard InChI is InChI=1S/C27H34ClNO4S/c1-3-19(4-2)18-29(26(30)20-10-6-5-7-11-20)24-13-9-8-12-23(24)25(27(31)32)34-33-22-16-14-21(28)15-17-22/h8-9,12-17,19-20,25H,3-7,10-11,18H2,1-2H3,(H,31,32)/t25-/m0/s1. The van der Waals surface area contributed by atoms with Gasteiger partial charge in [-0.25, -0.2) is 0 Å². The van der Waals surface area contributed by atoms with Gasteiger partial charge in [-0.05, 0) is 49.1 Å². The van der Waals surface area contributed by atoms with Crippen LogP contribution >= 0.6 is 23.6 Å². The summed E-state index contributed by atoms with van der Waals surface area (Å²) in [6.45, 7) is 4.87. The Morgan fingerprint density at radius 2 is 1.71 bits per heavy atom. The predicted octanol–water partition coefficient (Wildman–Crippen LogP) is 7.54. The number of hydrogen-bond donors (Lipinski definition) is 1. The van der Waals surface area contributed by atoms with Gasteiger partial charge in [0.05, 0.1) is 12.0 Å². The molecule has 0 aliphatic heterocycles. The van der Waals surface area contributed by atoms with Gasteiger partial charge in [0, 0.05) is 28.7 Å². The fourth-order valence-corrected chi connectivity index (χ4v) is 5.29. The van der Waals surface area contributed by atoms with Crippen molar-refractivity contribution in [1.82, 2.24) is 0 Å². The second-order valence-corrected chi connectivity index (χ2v) is 10.1. The fourth-order valence-electron chi connectivity index (χ4n) is 4.46. The second kappa shape index (κ2) is 13.1. The van der Waals surface area contributed by atoms with Crippen LogP contribution in [0.15, 0.2) is 48.5 Å². The van der Waals surface area contributed by atoms with E-state index < -0.39 is 11.2 Å². The average Bonchev–Trinajstić information content (AvgIpc) is 2.86. The van der Waals surface area contributed by atoms with E-state index in [0.717, 1.165) is 50.6 Å². The van der Waals surface area contributed by atoms with Crippen LogP contribution in [0.1, 0.15) is 69.6 Å². The molecule has 2 aromatic carbocycles. The van der Waals surface area contributed by atoms with Crippen LogP contribution in [0.2, 0.25) is 5.02 Å². The third kappa shape index (κ3) is 6.92. The maximum atomic E-state index is 13.7. The maximum absolute atomic E-state index is 13.7. The van der Waals surface area contributed by atoms with Crippen LogP contribution in [0, 0.1) is 11.8 Å². The van der Waals surface area contributed by atoms with Crippen LogP contribution in [0.5, 0.6) is 5.75 Å². The average molecular weight is 504 g/mol. The molecule has 34 heavy (non-hydrogen) atoms. The van der Waals surface area contributed by atoms with Crippen molar-refractivity contribution in [2.24, 2.45) is 11.8 Å². The number of carboxylic acids is 1. The van der Waals surface area contributed by atoms with Gasteiger partial charge < -0.3 is 14.2 Å². The summed E-state index contributed by atoms with van der Waals surface area (Å²) in [5.74, 6) is -0.0321. The minimum Gasteiger partial charge on any atom is -0.480 e. The molecule has 184 valence electrons. The molecule has 0 bridgehead atoms. The van der Waals surface area contributed by atoms with Gasteiger partial charge in [0.1, 0.15) is 5.75 Å². The monoisotopic (exact) mass is 503 g/mol. The molecule has 3 rings (SSSR count). The number of carbonyl (C=O) groups is 2. The Balaban J connectivity index is 1.93. The van der Waals surface area contributed by atoms with Crippen molar-refractivity contribution in [2.75, 3.05) is 11.4 Å². The minimum atomic E-state index is -1.01. The third-order valence-corrected chi connectivity index (χ3v) is 7.79. The SMILES string of the molecule is CCC(CC)CN(C(=O)C1CCCCC1)c1ccccc1[C@H](SOc1ccc(Cl)cc1)C(=O)O. The van der Waals surface area contributed by atoms with Gasteiger partial charge in [-0.15, -0.1) is 0 Å². The molecule has 2 aromatic rings. The lowest BCUT2D eigenvalue weighted by atomic mass is 9.87. The van der Waals surface area contributed by atoms with Crippen molar-refractivity contribution in [2.45, 2.75) is 64.0 Å². The largest absolute Gasteiger partial charge is 0.480 e. The van der Waals surface area contributed by atoms with E-state index in [4.69, 9.17) is 15.8 Å². The Kier molecular flexibility index (Phi) is 10.1. The molecule has 1 saturated carbocycles. The normalized spacial score (nSPS) is 15.2. The number of benzene rings is 2. The molecule has 0 radical (unpaired) electrons. The molecule has 5 nitrogen and oxygen atoms in total. The van der Waals surface area contributed by atoms with Crippen molar-refractivity contribution < 1.29 is 18.9 Å². The number of hydrogen-bond acceptors (Lipinski definition) is 4. The van der Waals surface area contributed by atoms with Crippen molar-refractivity contribution in [3.8, 4) is 5.75 Å². The van der Waals surface area contributed by atoms with Gasteiger partial charge >= 0.3 is 5.97 Å². The molecule has 1 fully saturated rings. The van der Waals surface area contributed by atoms with Crippen LogP contribution in [-0.2, 0) is 9.59 Å². The third-order valence-electron chi connectivity index (χ3n) is 6.60. The highest BCUT2D eigenvalue weighted by Crippen LogP contribution is 2.39. The van der Waals surface area contributed by atoms with E-state index in [2.05, 4.69) is 13.8 Å². The van der Waals surface area contributed by atoms with Gasteiger partial charge in [-0.1, -0.05) is 75.8 Å². The molecular weight excluding hydrogens is 470 g/mol. The van der Waals surface area contributed by atoms with Crippen LogP contribution in [0.3, 0.4) is 0 Å². The first-order valence-electron chi connectivity index (χ1n) is 12.2. The number of carboxylic acid groups (broad SMARTS) is 1. The Hall–Kier alpha value is -2.18. The van der Waals surface area contributed by atoms with E-state index >= 15 is 0 Å². The highest BCUT2D eigenvalue weighted by Gasteiger charge is 2.33. The highest BCUT2D eigenvalue weighted by atomic mass is 35.5. The number of anilines is 1. The van der Waals surface area contributed by atoms with Crippen LogP contribution < -0.4 is 9.08 Å². The van der Waals surface area contributed by atoms with Crippen LogP contribution in [-0.4, -0.2) is 23.5 Å². The Morgan fingerprint density at radius 1 is 1.06 bits per heavy atom. The zero-order valence-electron chi connectivity index (χ0n) is 19.9. The Bertz CT molecular complexity index is 942. The summed E-state index contributed by atoms with van der Waals surface area (Å²) < 4.78 is 5.75. The molecular formula is C27H34ClNO4S. The lowest BCUT2D eigenvalue weighted by Gasteiger charge is -2.33. The second-order valence-electron chi connectivity index (χ2n) is 8.88. The minimum absolute atomic E-state index is 0.00239. The van der Waals surface area contributed by atoms with E-state index in [0.29, 0.717) is 34.5 Å². The summed E-state index contributed by atoms with van der Waals surface area (Å²) in [4.78, 5) is 27.9. The van der Waals surface area contributed by atoms with Gasteiger partial charge in [0.15, 0.2) is 5.25 Å². The molecule has 0 unspecified atom stereocenters. The zero-order chi connectivity index (χ0) is 24.5. The first kappa shape index (κ1) is 26.4. The van der Waals surface area contributed by atoms with Gasteiger partial charge in [0.2, 0.25) is 5.91 Å². The number of amides is 1. The summed E-state index contributed by atoms with van der Waals surface area (Å²) in [7, 11) is 0. The first-order valence-corrected chi connectivity index (χ1v) is 13.3. The van der Waals surface area contributed by atoms with Crippen molar-refractivity contribution in [3.05, 3.63) is 59.1 Å². The molecule has 1 aliphatic rings. The molecule has 0 aromatic heterocycles. The van der Waals surface area contributed by atoms with E-state index in [9.17, 15) is 14.7 Å². The summed E-state index contributed by atoms with van der Waals surface area (Å²) >= 11 is 6.81. The highest BCUT2D eigenvalue weighted by molar-refractivity contribution is 7.96. The summed E-state index contributed by atoms with van der Waals surface area (Å²) in [6, 6.07) is 14.1. The molecule has 7 heteroatoms. The molecule has 1 aliphatic carbocycles. The number of nitrogens with zero attached hydrogens (tertiary/aromatic N) is 1. The Labute approximate surface area is 212 Å². The number of halogens is 1. The van der Waals surface area contributed by atoms with Gasteiger partial charge in [0.25, 0.3) is 0 Å². The summed E-state index contributed by atoms with van der Waals surface area (Å²) in [5, 5.41) is 9.68. The number of rotatable bonds is 11. The van der Waals surface area contributed by atoms with Gasteiger partial charge in [-0.3, -0.25) is 9.59 Å². The van der Waals surface area contributed by atoms with E-state index in [-0.39, 0.29) is 11.8 Å². The van der Waals surface area contributed by atoms with Crippen molar-refractivity contribution in [1.29, 1.82) is 0 Å². The molecule has 0 saturated heterocycles. The lowest BCUT2D eigenvalue weighted by Crippen LogP contribution is -2.41. The molecule has 1 amide bonds. The number of carbonyl (C=O) groups excluding carboxylic acids is 1. The predicted molar refractivity (Wildman–Crippen MR) is 139 cm³/mol. The van der Waals surface area contributed by atoms with E-state index in [1.54, 1.807) is 30.3 Å². The molecule has 1 N–H and O–H groups in total. The van der Waals surface area contributed by atoms with Crippen molar-refractivity contribution >= 4 is 41.2 Å². The lowest BCUT2D eigenvalue weighted by molar-refractivity contribution is -0.136. The molecule has 1 atom stereocenters. The summed E-state index contributed by atoms with van der Waals surface area (Å²) in [5.41, 5.74) is 1.24. The number of para-hydroxylation sites is 1. The topological polar surface area (TPSA) is 66.8 Å². The van der Waals surface area contributed by atoms with Crippen LogP contribution in [0.4, 0.5) is 5.69 Å². The van der Waals surface area contributed by atoms with Crippen LogP contribution in [0.25, 0.3) is 0 Å². The quantitative estimate of drug-likeness (QED) is 0.321.